The molecule has 276 valence electrons. The first-order valence-corrected chi connectivity index (χ1v) is 18.2. The maximum Gasteiger partial charge on any atom is 0.189 e. The molecule has 2 N–H and O–H groups in total. The summed E-state index contributed by atoms with van der Waals surface area (Å²) in [5.41, 5.74) is 5.29. The summed E-state index contributed by atoms with van der Waals surface area (Å²) >= 11 is 0. The Morgan fingerprint density at radius 3 is 1.17 bits per heavy atom. The average Bonchev–Trinajstić information content (AvgIpc) is 3.20. The number of nitrogens with one attached hydrogen (secondary N) is 2. The van der Waals surface area contributed by atoms with Gasteiger partial charge in [-0.05, 0) is 48.3 Å². The number of hydrogen-bond donors (Lipinski definition) is 2. The van der Waals surface area contributed by atoms with Gasteiger partial charge in [0.2, 0.25) is 0 Å². The Hall–Kier alpha value is -4.66. The summed E-state index contributed by atoms with van der Waals surface area (Å²) in [5.74, 6) is 0.134. The van der Waals surface area contributed by atoms with Gasteiger partial charge in [-0.25, -0.2) is 0 Å². The lowest BCUT2D eigenvalue weighted by Gasteiger charge is -2.26. The monoisotopic (exact) mass is 836 g/mol. The predicted molar refractivity (Wildman–Crippen MR) is 228 cm³/mol. The van der Waals surface area contributed by atoms with Crippen molar-refractivity contribution in [3.05, 3.63) is 192 Å². The largest absolute Gasteiger partial charge is 0.374 e. The van der Waals surface area contributed by atoms with Crippen LogP contribution in [-0.4, -0.2) is 47.5 Å². The summed E-state index contributed by atoms with van der Waals surface area (Å²) in [5, 5.41) is 7.01. The lowest BCUT2D eigenvalue weighted by Crippen LogP contribution is -2.30. The van der Waals surface area contributed by atoms with E-state index in [4.69, 9.17) is 0 Å². The molecule has 0 saturated carbocycles. The number of carbonyl (C=O) groups is 2. The molecule has 53 heavy (non-hydrogen) atoms. The zero-order valence-corrected chi connectivity index (χ0v) is 33.5. The molecule has 0 radical (unpaired) electrons. The third-order valence-electron chi connectivity index (χ3n) is 9.44. The van der Waals surface area contributed by atoms with E-state index in [9.17, 15) is 9.59 Å². The van der Waals surface area contributed by atoms with Crippen molar-refractivity contribution in [3.8, 4) is 0 Å². The molecule has 0 spiro atoms. The Morgan fingerprint density at radius 2 is 0.830 bits per heavy atom. The quantitative estimate of drug-likeness (QED) is 0.0769. The summed E-state index contributed by atoms with van der Waals surface area (Å²) < 4.78 is 0. The van der Waals surface area contributed by atoms with Crippen molar-refractivity contribution < 1.29 is 9.59 Å². The molecule has 6 rings (SSSR count). The van der Waals surface area contributed by atoms with Gasteiger partial charge in [0.25, 0.3) is 0 Å². The summed E-state index contributed by atoms with van der Waals surface area (Å²) in [6.45, 7) is 3.71. The second kappa shape index (κ2) is 21.8. The van der Waals surface area contributed by atoms with Crippen molar-refractivity contribution in [1.82, 2.24) is 20.4 Å². The second-order valence-electron chi connectivity index (χ2n) is 13.1. The van der Waals surface area contributed by atoms with Gasteiger partial charge in [0, 0.05) is 61.1 Å². The van der Waals surface area contributed by atoms with Crippen molar-refractivity contribution in [2.75, 3.05) is 26.2 Å². The van der Waals surface area contributed by atoms with E-state index in [0.29, 0.717) is 11.1 Å². The molecule has 0 aromatic heterocycles. The van der Waals surface area contributed by atoms with Gasteiger partial charge in [0.05, 0.1) is 0 Å². The summed E-state index contributed by atoms with van der Waals surface area (Å²) in [6, 6.07) is 38.0. The van der Waals surface area contributed by atoms with Gasteiger partial charge in [-0.15, -0.1) is 34.0 Å². The fourth-order valence-corrected chi connectivity index (χ4v) is 6.53. The highest BCUT2D eigenvalue weighted by Gasteiger charge is 2.24. The molecule has 2 aliphatic heterocycles. The van der Waals surface area contributed by atoms with Crippen LogP contribution in [0.2, 0.25) is 0 Å². The number of allylic oxidation sites excluding steroid dienone is 2. The van der Waals surface area contributed by atoms with E-state index in [0.717, 1.165) is 61.5 Å². The topological polar surface area (TPSA) is 64.7 Å². The molecule has 2 aliphatic rings. The molecule has 4 aromatic carbocycles. The standard InChI is InChI=1S/C45H48N4O2.2BrH/c50-44(38-22-12-6-13-23-38)42(36-18-8-4-9-19-36)46-40-26-32-48(33-27-40)30-16-2-1-3-17-31-49-34-28-41(29-35-49)47-43(37-20-10-5-11-21-37)45(51)39-24-14-7-15-25-39;;/h4-15,18-29,32,34,42-43,46-47H,1-3,16-17,30-31,33,35H2;2*1H. The van der Waals surface area contributed by atoms with Crippen LogP contribution in [0.25, 0.3) is 0 Å². The van der Waals surface area contributed by atoms with Gasteiger partial charge >= 0.3 is 0 Å². The summed E-state index contributed by atoms with van der Waals surface area (Å²) in [7, 11) is 0. The van der Waals surface area contributed by atoms with Gasteiger partial charge in [0.1, 0.15) is 12.1 Å². The fourth-order valence-electron chi connectivity index (χ4n) is 6.53. The number of unbranched alkanes of at least 4 members (excludes halogenated alkanes) is 4. The number of ketones is 2. The van der Waals surface area contributed by atoms with Gasteiger partial charge < -0.3 is 20.4 Å². The number of carbonyl (C=O) groups excluding carboxylic acids is 2. The third kappa shape index (κ3) is 12.2. The number of hydrogen-bond acceptors (Lipinski definition) is 6. The van der Waals surface area contributed by atoms with Gasteiger partial charge in [-0.2, -0.15) is 0 Å². The molecule has 2 heterocycles. The Morgan fingerprint density at radius 1 is 0.491 bits per heavy atom. The third-order valence-corrected chi connectivity index (χ3v) is 9.44. The number of benzene rings is 4. The fraction of sp³-hybridized carbons (Fsp3) is 0.244. The Kier molecular flexibility index (Phi) is 16.9. The molecule has 2 atom stereocenters. The van der Waals surface area contributed by atoms with E-state index in [1.54, 1.807) is 0 Å². The molecule has 0 bridgehead atoms. The van der Waals surface area contributed by atoms with Crippen LogP contribution < -0.4 is 10.6 Å². The maximum absolute atomic E-state index is 13.4. The lowest BCUT2D eigenvalue weighted by molar-refractivity contribution is 0.0941. The van der Waals surface area contributed by atoms with E-state index in [-0.39, 0.29) is 45.5 Å². The van der Waals surface area contributed by atoms with E-state index >= 15 is 0 Å². The molecule has 0 saturated heterocycles. The maximum atomic E-state index is 13.4. The van der Waals surface area contributed by atoms with Gasteiger partial charge in [0.15, 0.2) is 11.6 Å². The molecule has 2 unspecified atom stereocenters. The number of rotatable bonds is 18. The molecule has 6 nitrogen and oxygen atoms in total. The van der Waals surface area contributed by atoms with Crippen LogP contribution in [0.5, 0.6) is 0 Å². The average molecular weight is 839 g/mol. The molecular formula is C45H50Br2N4O2. The van der Waals surface area contributed by atoms with Gasteiger partial charge in [-0.1, -0.05) is 141 Å². The molecule has 0 amide bonds. The zero-order chi connectivity index (χ0) is 35.1. The SMILES string of the molecule is Br.Br.O=C(c1ccccc1)C(NC1=CCN(CCCCCCCN2C=CC(NC(C(=O)c3ccccc3)c3ccccc3)=CC2)C=C1)c1ccccc1. The smallest absolute Gasteiger partial charge is 0.189 e. The number of nitrogens with zero attached hydrogens (tertiary/aromatic N) is 2. The number of Topliss-reactive ketones (excluding diaryl/α,β-unsaturated/α-hetero) is 2. The Balaban J connectivity index is 0.00000314. The minimum absolute atomic E-state index is 0. The Bertz CT molecular complexity index is 1690. The second-order valence-corrected chi connectivity index (χ2v) is 13.1. The van der Waals surface area contributed by atoms with Crippen molar-refractivity contribution >= 4 is 45.5 Å². The number of halogens is 2. The van der Waals surface area contributed by atoms with E-state index in [1.807, 2.05) is 121 Å². The van der Waals surface area contributed by atoms with Crippen LogP contribution in [0.15, 0.2) is 169 Å². The van der Waals surface area contributed by atoms with Crippen LogP contribution >= 0.6 is 34.0 Å². The zero-order valence-electron chi connectivity index (χ0n) is 30.1. The van der Waals surface area contributed by atoms with Crippen LogP contribution in [0.4, 0.5) is 0 Å². The van der Waals surface area contributed by atoms with Crippen LogP contribution in [0, 0.1) is 0 Å². The van der Waals surface area contributed by atoms with Crippen molar-refractivity contribution in [1.29, 1.82) is 0 Å². The highest BCUT2D eigenvalue weighted by molar-refractivity contribution is 8.93. The van der Waals surface area contributed by atoms with Crippen LogP contribution in [0.1, 0.15) is 76.0 Å². The molecule has 0 aliphatic carbocycles. The highest BCUT2D eigenvalue weighted by Crippen LogP contribution is 2.23. The Labute approximate surface area is 335 Å². The first-order valence-electron chi connectivity index (χ1n) is 18.2. The molecular weight excluding hydrogens is 788 g/mol. The van der Waals surface area contributed by atoms with Crippen LogP contribution in [-0.2, 0) is 0 Å². The predicted octanol–water partition coefficient (Wildman–Crippen LogP) is 9.95. The van der Waals surface area contributed by atoms with Crippen molar-refractivity contribution in [2.45, 2.75) is 44.2 Å². The first-order chi connectivity index (χ1) is 25.1. The highest BCUT2D eigenvalue weighted by atomic mass is 79.9. The lowest BCUT2D eigenvalue weighted by atomic mass is 9.97. The van der Waals surface area contributed by atoms with Gasteiger partial charge in [-0.3, -0.25) is 9.59 Å². The summed E-state index contributed by atoms with van der Waals surface area (Å²) in [4.78, 5) is 31.5. The van der Waals surface area contributed by atoms with E-state index in [1.165, 1.54) is 19.3 Å². The van der Waals surface area contributed by atoms with Crippen molar-refractivity contribution in [3.63, 3.8) is 0 Å². The van der Waals surface area contributed by atoms with E-state index < -0.39 is 12.1 Å². The normalized spacial score (nSPS) is 14.5. The van der Waals surface area contributed by atoms with Crippen LogP contribution in [0.3, 0.4) is 0 Å². The van der Waals surface area contributed by atoms with E-state index in [2.05, 4.69) is 57.1 Å². The minimum Gasteiger partial charge on any atom is -0.374 e. The summed E-state index contributed by atoms with van der Waals surface area (Å²) in [6.07, 6.45) is 18.8. The molecule has 8 heteroatoms. The molecule has 4 aromatic rings. The molecule has 0 fully saturated rings. The van der Waals surface area contributed by atoms with Crippen molar-refractivity contribution in [2.24, 2.45) is 0 Å². The first kappa shape index (κ1) is 41.1. The minimum atomic E-state index is -0.436.